The maximum atomic E-state index is 13.3. The molecule has 0 bridgehead atoms. The zero-order valence-corrected chi connectivity index (χ0v) is 8.77. The van der Waals surface area contributed by atoms with Gasteiger partial charge < -0.3 is 0 Å². The standard InChI is InChI=1S/C8H9F3N2O2S/c9-5-2-1-3-6(10)8(5)7(11)4-13-16(12,14)15/h1-3,7,13H,4H2,(H2,12,14,15). The van der Waals surface area contributed by atoms with Crippen LogP contribution in [0.5, 0.6) is 0 Å². The van der Waals surface area contributed by atoms with Gasteiger partial charge in [-0.25, -0.2) is 18.3 Å². The van der Waals surface area contributed by atoms with Crippen molar-refractivity contribution >= 4 is 10.2 Å². The number of hydrogen-bond donors (Lipinski definition) is 2. The average molecular weight is 254 g/mol. The lowest BCUT2D eigenvalue weighted by Crippen LogP contribution is -2.33. The molecule has 1 atom stereocenters. The second kappa shape index (κ2) is 4.81. The van der Waals surface area contributed by atoms with Gasteiger partial charge in [0.25, 0.3) is 10.2 Å². The molecule has 3 N–H and O–H groups in total. The second-order valence-electron chi connectivity index (χ2n) is 3.00. The molecule has 8 heteroatoms. The Hall–Kier alpha value is -1.12. The van der Waals surface area contributed by atoms with Crippen LogP contribution in [0.4, 0.5) is 13.2 Å². The molecule has 0 saturated carbocycles. The minimum absolute atomic E-state index is 0.821. The van der Waals surface area contributed by atoms with Crippen LogP contribution in [0, 0.1) is 11.6 Å². The fraction of sp³-hybridized carbons (Fsp3) is 0.250. The smallest absolute Gasteiger partial charge is 0.241 e. The fourth-order valence-electron chi connectivity index (χ4n) is 1.10. The number of hydrogen-bond acceptors (Lipinski definition) is 2. The van der Waals surface area contributed by atoms with Crippen molar-refractivity contribution in [2.75, 3.05) is 6.54 Å². The molecule has 90 valence electrons. The first-order chi connectivity index (χ1) is 7.31. The number of rotatable bonds is 4. The quantitative estimate of drug-likeness (QED) is 0.833. The number of alkyl halides is 1. The second-order valence-corrected chi connectivity index (χ2v) is 4.38. The summed E-state index contributed by atoms with van der Waals surface area (Å²) < 4.78 is 61.9. The molecule has 1 aromatic carbocycles. The molecule has 0 radical (unpaired) electrons. The Morgan fingerprint density at radius 2 is 1.81 bits per heavy atom. The molecule has 0 aliphatic carbocycles. The van der Waals surface area contributed by atoms with Crippen LogP contribution in [0.25, 0.3) is 0 Å². The van der Waals surface area contributed by atoms with E-state index in [4.69, 9.17) is 0 Å². The lowest BCUT2D eigenvalue weighted by atomic mass is 10.1. The lowest BCUT2D eigenvalue weighted by Gasteiger charge is -2.10. The highest BCUT2D eigenvalue weighted by Gasteiger charge is 2.20. The largest absolute Gasteiger partial charge is 0.274 e. The van der Waals surface area contributed by atoms with Gasteiger partial charge >= 0.3 is 0 Å². The molecule has 0 aromatic heterocycles. The van der Waals surface area contributed by atoms with Gasteiger partial charge in [0.15, 0.2) is 0 Å². The van der Waals surface area contributed by atoms with E-state index in [-0.39, 0.29) is 0 Å². The van der Waals surface area contributed by atoms with Crippen LogP contribution in [-0.4, -0.2) is 15.0 Å². The van der Waals surface area contributed by atoms with Crippen LogP contribution < -0.4 is 9.86 Å². The summed E-state index contributed by atoms with van der Waals surface area (Å²) in [5.74, 6) is -2.16. The minimum Gasteiger partial charge on any atom is -0.241 e. The van der Waals surface area contributed by atoms with E-state index >= 15 is 0 Å². The summed E-state index contributed by atoms with van der Waals surface area (Å²) in [5.41, 5.74) is -0.821. The summed E-state index contributed by atoms with van der Waals surface area (Å²) >= 11 is 0. The molecule has 0 aliphatic rings. The third-order valence-electron chi connectivity index (χ3n) is 1.78. The van der Waals surface area contributed by atoms with E-state index in [1.807, 2.05) is 0 Å². The lowest BCUT2D eigenvalue weighted by molar-refractivity contribution is 0.320. The zero-order valence-electron chi connectivity index (χ0n) is 7.95. The summed E-state index contributed by atoms with van der Waals surface area (Å²) in [5, 5.41) is 4.54. The Kier molecular flexibility index (Phi) is 3.89. The zero-order chi connectivity index (χ0) is 12.3. The Bertz CT molecular complexity index is 458. The van der Waals surface area contributed by atoms with Crippen molar-refractivity contribution in [3.8, 4) is 0 Å². The third-order valence-corrected chi connectivity index (χ3v) is 2.35. The normalized spacial score (nSPS) is 13.8. The van der Waals surface area contributed by atoms with Crippen molar-refractivity contribution in [1.82, 2.24) is 4.72 Å². The van der Waals surface area contributed by atoms with E-state index in [1.165, 1.54) is 0 Å². The van der Waals surface area contributed by atoms with Crippen molar-refractivity contribution in [3.05, 3.63) is 35.4 Å². The fourth-order valence-corrected chi connectivity index (χ4v) is 1.48. The molecule has 16 heavy (non-hydrogen) atoms. The first kappa shape index (κ1) is 12.9. The maximum Gasteiger partial charge on any atom is 0.274 e. The van der Waals surface area contributed by atoms with E-state index in [1.54, 1.807) is 4.72 Å². The van der Waals surface area contributed by atoms with Gasteiger partial charge in [-0.15, -0.1) is 0 Å². The van der Waals surface area contributed by atoms with Gasteiger partial charge in [-0.2, -0.15) is 13.1 Å². The van der Waals surface area contributed by atoms with Gasteiger partial charge in [0.05, 0.1) is 5.56 Å². The molecular formula is C8H9F3N2O2S. The van der Waals surface area contributed by atoms with Crippen LogP contribution in [-0.2, 0) is 10.2 Å². The van der Waals surface area contributed by atoms with Crippen LogP contribution >= 0.6 is 0 Å². The van der Waals surface area contributed by atoms with Crippen LogP contribution in [0.3, 0.4) is 0 Å². The Labute approximate surface area is 90.4 Å². The van der Waals surface area contributed by atoms with Crippen LogP contribution in [0.1, 0.15) is 11.7 Å². The van der Waals surface area contributed by atoms with Crippen molar-refractivity contribution in [1.29, 1.82) is 0 Å². The molecule has 0 aliphatic heterocycles. The van der Waals surface area contributed by atoms with Crippen LogP contribution in [0.15, 0.2) is 18.2 Å². The molecule has 0 amide bonds. The average Bonchev–Trinajstić information content (AvgIpc) is 2.13. The molecule has 1 aromatic rings. The highest BCUT2D eigenvalue weighted by atomic mass is 32.2. The summed E-state index contributed by atoms with van der Waals surface area (Å²) in [6, 6.07) is 2.83. The van der Waals surface area contributed by atoms with Gasteiger partial charge in [0.1, 0.15) is 17.8 Å². The highest BCUT2D eigenvalue weighted by Crippen LogP contribution is 2.23. The first-order valence-corrected chi connectivity index (χ1v) is 5.71. The summed E-state index contributed by atoms with van der Waals surface area (Å²) in [7, 11) is -4.09. The molecule has 0 saturated heterocycles. The highest BCUT2D eigenvalue weighted by molar-refractivity contribution is 7.87. The van der Waals surface area contributed by atoms with E-state index in [0.717, 1.165) is 18.2 Å². The van der Waals surface area contributed by atoms with E-state index in [2.05, 4.69) is 5.14 Å². The number of nitrogens with two attached hydrogens (primary N) is 1. The molecule has 0 heterocycles. The molecule has 0 fully saturated rings. The van der Waals surface area contributed by atoms with Gasteiger partial charge in [-0.3, -0.25) is 0 Å². The van der Waals surface area contributed by atoms with Crippen LogP contribution in [0.2, 0.25) is 0 Å². The number of halogens is 3. The van der Waals surface area contributed by atoms with Crippen molar-refractivity contribution in [2.24, 2.45) is 5.14 Å². The molecule has 1 unspecified atom stereocenters. The predicted molar refractivity (Wildman–Crippen MR) is 51.3 cm³/mol. The summed E-state index contributed by atoms with van der Waals surface area (Å²) in [6.07, 6.45) is -2.14. The third kappa shape index (κ3) is 3.47. The molecule has 0 spiro atoms. The monoisotopic (exact) mass is 254 g/mol. The SMILES string of the molecule is NS(=O)(=O)NCC(F)c1c(F)cccc1F. The van der Waals surface area contributed by atoms with E-state index in [9.17, 15) is 21.6 Å². The molecule has 1 rings (SSSR count). The van der Waals surface area contributed by atoms with Gasteiger partial charge in [-0.1, -0.05) is 6.07 Å². The summed E-state index contributed by atoms with van der Waals surface area (Å²) in [6.45, 7) is -0.823. The topological polar surface area (TPSA) is 72.2 Å². The molecular weight excluding hydrogens is 245 g/mol. The number of nitrogens with one attached hydrogen (secondary N) is 1. The maximum absolute atomic E-state index is 13.3. The van der Waals surface area contributed by atoms with Crippen molar-refractivity contribution in [2.45, 2.75) is 6.17 Å². The predicted octanol–water partition coefficient (Wildman–Crippen LogP) is 0.768. The van der Waals surface area contributed by atoms with Gasteiger partial charge in [0.2, 0.25) is 0 Å². The van der Waals surface area contributed by atoms with Gasteiger partial charge in [0, 0.05) is 6.54 Å². The Morgan fingerprint density at radius 1 is 1.31 bits per heavy atom. The Balaban J connectivity index is 2.85. The van der Waals surface area contributed by atoms with Crippen molar-refractivity contribution < 1.29 is 21.6 Å². The minimum atomic E-state index is -4.09. The first-order valence-electron chi connectivity index (χ1n) is 4.16. The van der Waals surface area contributed by atoms with E-state index in [0.29, 0.717) is 0 Å². The molecule has 4 nitrogen and oxygen atoms in total. The van der Waals surface area contributed by atoms with Gasteiger partial charge in [-0.05, 0) is 12.1 Å². The Morgan fingerprint density at radius 3 is 2.25 bits per heavy atom. The number of benzene rings is 1. The van der Waals surface area contributed by atoms with E-state index < -0.39 is 40.1 Å². The summed E-state index contributed by atoms with van der Waals surface area (Å²) in [4.78, 5) is 0. The van der Waals surface area contributed by atoms with Crippen molar-refractivity contribution in [3.63, 3.8) is 0 Å².